The van der Waals surface area contributed by atoms with Crippen LogP contribution >= 0.6 is 0 Å². The van der Waals surface area contributed by atoms with E-state index >= 15 is 0 Å². The molecular weight excluding hydrogens is 182 g/mol. The molecule has 14 heavy (non-hydrogen) atoms. The van der Waals surface area contributed by atoms with Gasteiger partial charge in [-0.15, -0.1) is 0 Å². The Morgan fingerprint density at radius 3 is 2.71 bits per heavy atom. The van der Waals surface area contributed by atoms with Crippen molar-refractivity contribution in [2.45, 2.75) is 38.8 Å². The number of carboxylic acids is 1. The quantitative estimate of drug-likeness (QED) is 0.626. The van der Waals surface area contributed by atoms with Gasteiger partial charge in [-0.3, -0.25) is 4.79 Å². The van der Waals surface area contributed by atoms with E-state index in [9.17, 15) is 4.79 Å². The summed E-state index contributed by atoms with van der Waals surface area (Å²) in [5, 5.41) is 12.0. The molecule has 0 saturated heterocycles. The highest BCUT2D eigenvalue weighted by atomic mass is 16.5. The molecule has 4 nitrogen and oxygen atoms in total. The molecular formula is C10H19NO3. The van der Waals surface area contributed by atoms with Crippen LogP contribution in [0.5, 0.6) is 0 Å². The lowest BCUT2D eigenvalue weighted by molar-refractivity contribution is -0.146. The molecule has 0 amide bonds. The lowest BCUT2D eigenvalue weighted by Crippen LogP contribution is -2.48. The summed E-state index contributed by atoms with van der Waals surface area (Å²) in [5.74, 6) is -0.868. The van der Waals surface area contributed by atoms with Crippen LogP contribution in [0, 0.1) is 5.92 Å². The van der Waals surface area contributed by atoms with Gasteiger partial charge in [0, 0.05) is 12.6 Å². The van der Waals surface area contributed by atoms with Gasteiger partial charge in [-0.05, 0) is 26.7 Å². The van der Waals surface area contributed by atoms with Crippen LogP contribution in [0.25, 0.3) is 0 Å². The smallest absolute Gasteiger partial charge is 0.308 e. The van der Waals surface area contributed by atoms with Gasteiger partial charge >= 0.3 is 5.97 Å². The Morgan fingerprint density at radius 2 is 2.29 bits per heavy atom. The molecule has 1 rings (SSSR count). The fourth-order valence-corrected chi connectivity index (χ4v) is 1.58. The van der Waals surface area contributed by atoms with Crippen molar-refractivity contribution >= 4 is 5.97 Å². The molecule has 2 N–H and O–H groups in total. The van der Waals surface area contributed by atoms with Crippen molar-refractivity contribution in [2.24, 2.45) is 5.92 Å². The van der Waals surface area contributed by atoms with Crippen LogP contribution < -0.4 is 5.32 Å². The number of carbonyl (C=O) groups is 1. The second-order valence-corrected chi connectivity index (χ2v) is 4.00. The van der Waals surface area contributed by atoms with E-state index in [0.717, 1.165) is 19.4 Å². The first-order valence-electron chi connectivity index (χ1n) is 5.19. The normalized spacial score (nSPS) is 26.2. The maximum Gasteiger partial charge on any atom is 0.308 e. The third-order valence-electron chi connectivity index (χ3n) is 2.55. The van der Waals surface area contributed by atoms with Crippen molar-refractivity contribution in [3.8, 4) is 0 Å². The lowest BCUT2D eigenvalue weighted by Gasteiger charge is -2.34. The summed E-state index contributed by atoms with van der Waals surface area (Å²) < 4.78 is 5.35. The average molecular weight is 201 g/mol. The van der Waals surface area contributed by atoms with E-state index in [1.54, 1.807) is 0 Å². The molecule has 82 valence electrons. The number of hydrogen-bond donors (Lipinski definition) is 2. The monoisotopic (exact) mass is 201 g/mol. The maximum atomic E-state index is 10.7. The van der Waals surface area contributed by atoms with E-state index in [1.807, 2.05) is 13.8 Å². The van der Waals surface area contributed by atoms with E-state index in [0.29, 0.717) is 6.61 Å². The molecule has 0 bridgehead atoms. The van der Waals surface area contributed by atoms with Gasteiger partial charge in [0.15, 0.2) is 0 Å². The van der Waals surface area contributed by atoms with Crippen LogP contribution in [-0.2, 0) is 9.53 Å². The van der Waals surface area contributed by atoms with Gasteiger partial charge in [-0.2, -0.15) is 0 Å². The van der Waals surface area contributed by atoms with E-state index < -0.39 is 5.97 Å². The van der Waals surface area contributed by atoms with Crippen molar-refractivity contribution in [3.63, 3.8) is 0 Å². The molecule has 0 aromatic rings. The summed E-state index contributed by atoms with van der Waals surface area (Å²) in [6.45, 7) is 5.37. The fourth-order valence-electron chi connectivity index (χ4n) is 1.58. The van der Waals surface area contributed by atoms with Crippen molar-refractivity contribution in [3.05, 3.63) is 0 Å². The first kappa shape index (κ1) is 11.5. The highest BCUT2D eigenvalue weighted by Crippen LogP contribution is 2.27. The number of hydrogen-bond acceptors (Lipinski definition) is 3. The molecule has 0 aromatic carbocycles. The van der Waals surface area contributed by atoms with E-state index in [2.05, 4.69) is 5.32 Å². The van der Waals surface area contributed by atoms with Gasteiger partial charge in [-0.1, -0.05) is 0 Å². The van der Waals surface area contributed by atoms with Gasteiger partial charge in [0.05, 0.1) is 18.6 Å². The Bertz CT molecular complexity index is 194. The number of aliphatic carboxylic acids is 1. The predicted octanol–water partition coefficient (Wildman–Crippen LogP) is 0.864. The van der Waals surface area contributed by atoms with Crippen LogP contribution in [0.3, 0.4) is 0 Å². The zero-order valence-electron chi connectivity index (χ0n) is 8.82. The second kappa shape index (κ2) is 5.32. The molecule has 1 aliphatic carbocycles. The second-order valence-electron chi connectivity index (χ2n) is 4.00. The van der Waals surface area contributed by atoms with Crippen LogP contribution in [0.4, 0.5) is 0 Å². The van der Waals surface area contributed by atoms with Gasteiger partial charge < -0.3 is 15.2 Å². The van der Waals surface area contributed by atoms with E-state index in [4.69, 9.17) is 9.84 Å². The van der Waals surface area contributed by atoms with Crippen LogP contribution in [0.1, 0.15) is 26.7 Å². The zero-order valence-corrected chi connectivity index (χ0v) is 8.82. The Hall–Kier alpha value is -0.610. The van der Waals surface area contributed by atoms with Gasteiger partial charge in [0.2, 0.25) is 0 Å². The minimum absolute atomic E-state index is 0.156. The SMILES string of the molecule is CC(C)OCCNC1CCC1C(=O)O. The highest BCUT2D eigenvalue weighted by Gasteiger charge is 2.35. The standard InChI is InChI=1S/C10H19NO3/c1-7(2)14-6-5-11-9-4-3-8(9)10(12)13/h7-9,11H,3-6H2,1-2H3,(H,12,13). The van der Waals surface area contributed by atoms with Gasteiger partial charge in [-0.25, -0.2) is 0 Å². The van der Waals surface area contributed by atoms with Crippen molar-refractivity contribution in [2.75, 3.05) is 13.2 Å². The molecule has 4 heteroatoms. The topological polar surface area (TPSA) is 58.6 Å². The molecule has 0 heterocycles. The lowest BCUT2D eigenvalue weighted by atomic mass is 9.79. The molecule has 1 aliphatic rings. The van der Waals surface area contributed by atoms with E-state index in [-0.39, 0.29) is 18.1 Å². The summed E-state index contributed by atoms with van der Waals surface area (Å²) >= 11 is 0. The Labute approximate surface area is 84.6 Å². The summed E-state index contributed by atoms with van der Waals surface area (Å²) in [6.07, 6.45) is 2.02. The number of carboxylic acid groups (broad SMARTS) is 1. The number of nitrogens with one attached hydrogen (secondary N) is 1. The summed E-state index contributed by atoms with van der Waals surface area (Å²) in [5.41, 5.74) is 0. The molecule has 0 spiro atoms. The predicted molar refractivity (Wildman–Crippen MR) is 53.2 cm³/mol. The van der Waals surface area contributed by atoms with Crippen molar-refractivity contribution in [1.29, 1.82) is 0 Å². The van der Waals surface area contributed by atoms with Crippen molar-refractivity contribution in [1.82, 2.24) is 5.32 Å². The first-order valence-corrected chi connectivity index (χ1v) is 5.19. The van der Waals surface area contributed by atoms with Crippen molar-refractivity contribution < 1.29 is 14.6 Å². The summed E-state index contributed by atoms with van der Waals surface area (Å²) in [4.78, 5) is 10.7. The molecule has 2 unspecified atom stereocenters. The number of ether oxygens (including phenoxy) is 1. The van der Waals surface area contributed by atoms with Crippen LogP contribution in [0.2, 0.25) is 0 Å². The minimum Gasteiger partial charge on any atom is -0.481 e. The summed E-state index contributed by atoms with van der Waals surface area (Å²) in [6, 6.07) is 0.156. The fraction of sp³-hybridized carbons (Fsp3) is 0.900. The molecule has 2 atom stereocenters. The third kappa shape index (κ3) is 3.27. The largest absolute Gasteiger partial charge is 0.481 e. The Morgan fingerprint density at radius 1 is 1.57 bits per heavy atom. The van der Waals surface area contributed by atoms with Gasteiger partial charge in [0.25, 0.3) is 0 Å². The molecule has 1 fully saturated rings. The van der Waals surface area contributed by atoms with Crippen LogP contribution in [0.15, 0.2) is 0 Å². The molecule has 0 radical (unpaired) electrons. The molecule has 0 aromatic heterocycles. The van der Waals surface area contributed by atoms with E-state index in [1.165, 1.54) is 0 Å². The Kier molecular flexibility index (Phi) is 4.35. The maximum absolute atomic E-state index is 10.7. The number of rotatable bonds is 6. The molecule has 0 aliphatic heterocycles. The zero-order chi connectivity index (χ0) is 10.6. The summed E-state index contributed by atoms with van der Waals surface area (Å²) in [7, 11) is 0. The van der Waals surface area contributed by atoms with Crippen LogP contribution in [-0.4, -0.2) is 36.4 Å². The van der Waals surface area contributed by atoms with Gasteiger partial charge in [0.1, 0.15) is 0 Å². The highest BCUT2D eigenvalue weighted by molar-refractivity contribution is 5.72. The molecule has 1 saturated carbocycles. The first-order chi connectivity index (χ1) is 6.61. The minimum atomic E-state index is -0.682. The average Bonchev–Trinajstić information content (AvgIpc) is 1.99. The third-order valence-corrected chi connectivity index (χ3v) is 2.55. The Balaban J connectivity index is 2.05.